The molecule has 0 bridgehead atoms. The van der Waals surface area contributed by atoms with Crippen LogP contribution in [0.5, 0.6) is 0 Å². The maximum Gasteiger partial charge on any atom is 0.243 e. The van der Waals surface area contributed by atoms with Gasteiger partial charge in [0.1, 0.15) is 5.76 Å². The van der Waals surface area contributed by atoms with Crippen molar-refractivity contribution < 1.29 is 12.9 Å². The molecule has 5 nitrogen and oxygen atoms in total. The molecule has 6 heteroatoms. The van der Waals surface area contributed by atoms with Crippen LogP contribution in [0.4, 0.5) is 0 Å². The Bertz CT molecular complexity index is 750. The predicted molar refractivity (Wildman–Crippen MR) is 73.7 cm³/mol. The Balaban J connectivity index is 1.99. The highest BCUT2D eigenvalue weighted by Crippen LogP contribution is 2.26. The zero-order chi connectivity index (χ0) is 14.3. The first-order chi connectivity index (χ1) is 9.48. The third kappa shape index (κ3) is 2.14. The van der Waals surface area contributed by atoms with Crippen molar-refractivity contribution in [3.63, 3.8) is 0 Å². The molecule has 0 saturated heterocycles. The summed E-state index contributed by atoms with van der Waals surface area (Å²) in [5, 5.41) is 3.73. The van der Waals surface area contributed by atoms with Gasteiger partial charge in [-0.3, -0.25) is 0 Å². The van der Waals surface area contributed by atoms with Crippen LogP contribution in [0.15, 0.2) is 33.8 Å². The van der Waals surface area contributed by atoms with Gasteiger partial charge >= 0.3 is 0 Å². The Labute approximate surface area is 118 Å². The molecule has 1 aliphatic heterocycles. The van der Waals surface area contributed by atoms with Crippen LogP contribution in [-0.2, 0) is 23.0 Å². The summed E-state index contributed by atoms with van der Waals surface area (Å²) in [7, 11) is -3.47. The van der Waals surface area contributed by atoms with Crippen LogP contribution >= 0.6 is 0 Å². The summed E-state index contributed by atoms with van der Waals surface area (Å²) < 4.78 is 32.1. The van der Waals surface area contributed by atoms with Gasteiger partial charge in [-0.2, -0.15) is 4.31 Å². The van der Waals surface area contributed by atoms with E-state index in [-0.39, 0.29) is 0 Å². The smallest absolute Gasteiger partial charge is 0.243 e. The normalized spacial score (nSPS) is 16.1. The van der Waals surface area contributed by atoms with Crippen LogP contribution in [-0.4, -0.2) is 24.4 Å². The number of fused-ring (bicyclic) bond motifs is 1. The first-order valence-corrected chi connectivity index (χ1v) is 7.92. The van der Waals surface area contributed by atoms with E-state index in [9.17, 15) is 8.42 Å². The van der Waals surface area contributed by atoms with Crippen LogP contribution in [0.2, 0.25) is 0 Å². The lowest BCUT2D eigenvalue weighted by molar-refractivity contribution is 0.331. The first-order valence-electron chi connectivity index (χ1n) is 6.48. The van der Waals surface area contributed by atoms with Crippen LogP contribution in [0, 0.1) is 13.8 Å². The van der Waals surface area contributed by atoms with Crippen LogP contribution in [0.3, 0.4) is 0 Å². The van der Waals surface area contributed by atoms with Crippen molar-refractivity contribution in [1.82, 2.24) is 9.46 Å². The van der Waals surface area contributed by atoms with Crippen molar-refractivity contribution in [3.8, 4) is 0 Å². The van der Waals surface area contributed by atoms with E-state index in [4.69, 9.17) is 4.52 Å². The lowest BCUT2D eigenvalue weighted by Crippen LogP contribution is -2.35. The van der Waals surface area contributed by atoms with Crippen molar-refractivity contribution in [1.29, 1.82) is 0 Å². The number of nitrogens with zero attached hydrogens (tertiary/aromatic N) is 2. The van der Waals surface area contributed by atoms with E-state index in [1.54, 1.807) is 12.3 Å². The molecular weight excluding hydrogens is 276 g/mol. The van der Waals surface area contributed by atoms with Crippen molar-refractivity contribution >= 4 is 10.0 Å². The van der Waals surface area contributed by atoms with Gasteiger partial charge in [0.15, 0.2) is 0 Å². The number of hydrogen-bond acceptors (Lipinski definition) is 4. The maximum atomic E-state index is 12.8. The summed E-state index contributed by atoms with van der Waals surface area (Å²) in [6, 6.07) is 5.49. The Morgan fingerprint density at radius 1 is 1.30 bits per heavy atom. The van der Waals surface area contributed by atoms with E-state index < -0.39 is 10.0 Å². The molecule has 0 unspecified atom stereocenters. The summed E-state index contributed by atoms with van der Waals surface area (Å²) >= 11 is 0. The van der Waals surface area contributed by atoms with Gasteiger partial charge in [-0.15, -0.1) is 0 Å². The third-order valence-corrected chi connectivity index (χ3v) is 5.61. The minimum absolute atomic E-state index is 0.328. The zero-order valence-corrected chi connectivity index (χ0v) is 12.3. The maximum absolute atomic E-state index is 12.8. The molecule has 2 aromatic rings. The van der Waals surface area contributed by atoms with Gasteiger partial charge < -0.3 is 4.52 Å². The standard InChI is InChI=1S/C14H16N2O3S/c1-10-3-4-11(2)14(7-10)20(17,18)16-6-5-13-12(9-16)8-15-19-13/h3-4,7-8H,5-6,9H2,1-2H3. The summed E-state index contributed by atoms with van der Waals surface area (Å²) in [5.74, 6) is 0.789. The molecular formula is C14H16N2O3S. The molecule has 2 heterocycles. The average Bonchev–Trinajstić information content (AvgIpc) is 2.88. The van der Waals surface area contributed by atoms with E-state index in [0.717, 1.165) is 22.5 Å². The van der Waals surface area contributed by atoms with E-state index in [1.807, 2.05) is 26.0 Å². The topological polar surface area (TPSA) is 63.4 Å². The highest BCUT2D eigenvalue weighted by molar-refractivity contribution is 7.89. The lowest BCUT2D eigenvalue weighted by atomic mass is 10.1. The number of aromatic nitrogens is 1. The molecule has 3 rings (SSSR count). The second kappa shape index (κ2) is 4.71. The monoisotopic (exact) mass is 292 g/mol. The molecule has 0 radical (unpaired) electrons. The van der Waals surface area contributed by atoms with Crippen molar-refractivity contribution in [2.24, 2.45) is 0 Å². The molecule has 0 fully saturated rings. The molecule has 1 aromatic heterocycles. The van der Waals surface area contributed by atoms with Crippen LogP contribution < -0.4 is 0 Å². The molecule has 0 spiro atoms. The Morgan fingerprint density at radius 2 is 2.10 bits per heavy atom. The van der Waals surface area contributed by atoms with Crippen molar-refractivity contribution in [3.05, 3.63) is 46.8 Å². The van der Waals surface area contributed by atoms with Gasteiger partial charge in [-0.25, -0.2) is 8.42 Å². The van der Waals surface area contributed by atoms with Crippen LogP contribution in [0.1, 0.15) is 22.5 Å². The van der Waals surface area contributed by atoms with E-state index in [0.29, 0.717) is 24.4 Å². The lowest BCUT2D eigenvalue weighted by Gasteiger charge is -2.25. The number of sulfonamides is 1. The largest absolute Gasteiger partial charge is 0.361 e. The summed E-state index contributed by atoms with van der Waals surface area (Å²) in [6.07, 6.45) is 2.17. The fraction of sp³-hybridized carbons (Fsp3) is 0.357. The molecule has 106 valence electrons. The van der Waals surface area contributed by atoms with Crippen molar-refractivity contribution in [2.45, 2.75) is 31.7 Å². The minimum Gasteiger partial charge on any atom is -0.361 e. The van der Waals surface area contributed by atoms with Crippen LogP contribution in [0.25, 0.3) is 0 Å². The minimum atomic E-state index is -3.47. The molecule has 0 saturated carbocycles. The highest BCUT2D eigenvalue weighted by Gasteiger charge is 2.31. The predicted octanol–water partition coefficient (Wildman–Crippen LogP) is 2.04. The fourth-order valence-electron chi connectivity index (χ4n) is 2.44. The van der Waals surface area contributed by atoms with Gasteiger partial charge in [0.25, 0.3) is 0 Å². The van der Waals surface area contributed by atoms with E-state index in [1.165, 1.54) is 4.31 Å². The average molecular weight is 292 g/mol. The van der Waals surface area contributed by atoms with Gasteiger partial charge in [0.05, 0.1) is 11.1 Å². The molecule has 0 atom stereocenters. The molecule has 0 amide bonds. The first kappa shape index (κ1) is 13.3. The summed E-state index contributed by atoms with van der Waals surface area (Å²) in [6.45, 7) is 4.47. The number of hydrogen-bond donors (Lipinski definition) is 0. The fourth-order valence-corrected chi connectivity index (χ4v) is 4.17. The Morgan fingerprint density at radius 3 is 2.90 bits per heavy atom. The molecule has 1 aliphatic rings. The molecule has 1 aromatic carbocycles. The molecule has 20 heavy (non-hydrogen) atoms. The number of rotatable bonds is 2. The second-order valence-corrected chi connectivity index (χ2v) is 7.04. The van der Waals surface area contributed by atoms with Gasteiger partial charge in [0, 0.05) is 25.1 Å². The Hall–Kier alpha value is -1.66. The Kier molecular flexibility index (Phi) is 3.14. The van der Waals surface area contributed by atoms with E-state index >= 15 is 0 Å². The number of aryl methyl sites for hydroxylation is 2. The molecule has 0 N–H and O–H groups in total. The summed E-state index contributed by atoms with van der Waals surface area (Å²) in [4.78, 5) is 0.386. The SMILES string of the molecule is Cc1ccc(C)c(S(=O)(=O)N2CCc3oncc3C2)c1. The summed E-state index contributed by atoms with van der Waals surface area (Å²) in [5.41, 5.74) is 2.56. The quantitative estimate of drug-likeness (QED) is 0.849. The second-order valence-electron chi connectivity index (χ2n) is 5.13. The van der Waals surface area contributed by atoms with Crippen molar-refractivity contribution in [2.75, 3.05) is 6.54 Å². The van der Waals surface area contributed by atoms with Gasteiger partial charge in [0.2, 0.25) is 10.0 Å². The molecule has 0 aliphatic carbocycles. The van der Waals surface area contributed by atoms with Gasteiger partial charge in [-0.05, 0) is 31.0 Å². The highest BCUT2D eigenvalue weighted by atomic mass is 32.2. The number of benzene rings is 1. The van der Waals surface area contributed by atoms with Gasteiger partial charge in [-0.1, -0.05) is 17.3 Å². The third-order valence-electron chi connectivity index (χ3n) is 3.63. The van der Waals surface area contributed by atoms with E-state index in [2.05, 4.69) is 5.16 Å². The zero-order valence-electron chi connectivity index (χ0n) is 11.5.